The molecule has 0 amide bonds. The molecule has 8 heteroatoms. The molecule has 1 rings (SSSR count). The van der Waals surface area contributed by atoms with E-state index in [4.69, 9.17) is 5.11 Å². The van der Waals surface area contributed by atoms with Gasteiger partial charge in [-0.2, -0.15) is 0 Å². The Morgan fingerprint density at radius 3 is 2.63 bits per heavy atom. The lowest BCUT2D eigenvalue weighted by molar-refractivity contribution is -0.141. The minimum absolute atomic E-state index is 0.0352. The van der Waals surface area contributed by atoms with Crippen LogP contribution in [0.2, 0.25) is 0 Å². The van der Waals surface area contributed by atoms with E-state index >= 15 is 0 Å². The molecule has 0 aliphatic carbocycles. The first-order valence-electron chi connectivity index (χ1n) is 5.32. The van der Waals surface area contributed by atoms with Crippen molar-refractivity contribution in [2.24, 2.45) is 0 Å². The Balaban J connectivity index is 2.79. The third kappa shape index (κ3) is 5.27. The van der Waals surface area contributed by atoms with Crippen LogP contribution in [0.25, 0.3) is 0 Å². The molecule has 0 spiro atoms. The number of nitrogens with one attached hydrogen (secondary N) is 1. The maximum absolute atomic E-state index is 11.9. The van der Waals surface area contributed by atoms with Crippen LogP contribution in [0.3, 0.4) is 0 Å². The Kier molecular flexibility index (Phi) is 5.08. The monoisotopic (exact) mass is 351 g/mol. The first-order valence-corrected chi connectivity index (χ1v) is 7.59. The van der Waals surface area contributed by atoms with Crippen molar-refractivity contribution in [2.75, 3.05) is 6.54 Å². The van der Waals surface area contributed by atoms with Gasteiger partial charge < -0.3 is 10.2 Å². The number of hydrogen-bond acceptors (Lipinski definition) is 4. The molecule has 0 fully saturated rings. The topological polar surface area (TPSA) is 104 Å². The second-order valence-corrected chi connectivity index (χ2v) is 7.03. The third-order valence-electron chi connectivity index (χ3n) is 2.28. The standard InChI is InChI=1S/C11H14BrNO5S/c1-11(16,6-10(14)15)7-13-19(17,18)9-4-2-3-8(12)5-9/h2-5,13,16H,6-7H2,1H3,(H,14,15). The summed E-state index contributed by atoms with van der Waals surface area (Å²) < 4.78 is 26.6. The molecule has 0 saturated heterocycles. The number of carboxylic acid groups (broad SMARTS) is 1. The molecular formula is C11H14BrNO5S. The number of aliphatic hydroxyl groups is 1. The largest absolute Gasteiger partial charge is 0.481 e. The van der Waals surface area contributed by atoms with Crippen molar-refractivity contribution in [1.29, 1.82) is 0 Å². The van der Waals surface area contributed by atoms with Crippen molar-refractivity contribution in [1.82, 2.24) is 4.72 Å². The van der Waals surface area contributed by atoms with Crippen LogP contribution in [0.4, 0.5) is 0 Å². The molecule has 0 aliphatic rings. The molecular weight excluding hydrogens is 338 g/mol. The van der Waals surface area contributed by atoms with E-state index in [2.05, 4.69) is 20.7 Å². The summed E-state index contributed by atoms with van der Waals surface area (Å²) in [4.78, 5) is 10.5. The summed E-state index contributed by atoms with van der Waals surface area (Å²) in [7, 11) is -3.78. The fraction of sp³-hybridized carbons (Fsp3) is 0.364. The van der Waals surface area contributed by atoms with Crippen molar-refractivity contribution in [3.63, 3.8) is 0 Å². The minimum atomic E-state index is -3.78. The predicted octanol–water partition coefficient (Wildman–Crippen LogP) is 0.953. The number of halogens is 1. The van der Waals surface area contributed by atoms with Gasteiger partial charge in [-0.25, -0.2) is 13.1 Å². The summed E-state index contributed by atoms with van der Waals surface area (Å²) in [5.41, 5.74) is -1.65. The minimum Gasteiger partial charge on any atom is -0.481 e. The highest BCUT2D eigenvalue weighted by Crippen LogP contribution is 2.16. The van der Waals surface area contributed by atoms with Gasteiger partial charge in [0.05, 0.1) is 16.9 Å². The average molecular weight is 352 g/mol. The van der Waals surface area contributed by atoms with Gasteiger partial charge in [-0.15, -0.1) is 0 Å². The zero-order chi connectivity index (χ0) is 14.7. The molecule has 19 heavy (non-hydrogen) atoms. The molecule has 1 unspecified atom stereocenters. The Morgan fingerprint density at radius 2 is 2.11 bits per heavy atom. The molecule has 3 N–H and O–H groups in total. The predicted molar refractivity (Wildman–Crippen MR) is 72.2 cm³/mol. The average Bonchev–Trinajstić information content (AvgIpc) is 2.25. The van der Waals surface area contributed by atoms with Crippen molar-refractivity contribution in [3.05, 3.63) is 28.7 Å². The van der Waals surface area contributed by atoms with Gasteiger partial charge in [0.1, 0.15) is 0 Å². The Morgan fingerprint density at radius 1 is 1.47 bits per heavy atom. The van der Waals surface area contributed by atoms with Crippen LogP contribution in [-0.2, 0) is 14.8 Å². The zero-order valence-corrected chi connectivity index (χ0v) is 12.5. The number of rotatable bonds is 6. The van der Waals surface area contributed by atoms with Crippen LogP contribution < -0.4 is 4.72 Å². The molecule has 0 radical (unpaired) electrons. The van der Waals surface area contributed by atoms with Crippen molar-refractivity contribution >= 4 is 31.9 Å². The van der Waals surface area contributed by atoms with Crippen LogP contribution in [0, 0.1) is 0 Å². The van der Waals surface area contributed by atoms with E-state index in [1.165, 1.54) is 19.1 Å². The highest BCUT2D eigenvalue weighted by molar-refractivity contribution is 9.10. The first kappa shape index (κ1) is 16.1. The second-order valence-electron chi connectivity index (χ2n) is 4.35. The van der Waals surface area contributed by atoms with Crippen molar-refractivity contribution < 1.29 is 23.4 Å². The smallest absolute Gasteiger partial charge is 0.306 e. The van der Waals surface area contributed by atoms with Gasteiger partial charge in [-0.05, 0) is 25.1 Å². The van der Waals surface area contributed by atoms with Crippen molar-refractivity contribution in [3.8, 4) is 0 Å². The number of hydrogen-bond donors (Lipinski definition) is 3. The second kappa shape index (κ2) is 6.00. The van der Waals surface area contributed by atoms with Crippen LogP contribution in [0.1, 0.15) is 13.3 Å². The van der Waals surface area contributed by atoms with Gasteiger partial charge in [-0.1, -0.05) is 22.0 Å². The fourth-order valence-corrected chi connectivity index (χ4v) is 3.11. The molecule has 0 bridgehead atoms. The SMILES string of the molecule is CC(O)(CNS(=O)(=O)c1cccc(Br)c1)CC(=O)O. The molecule has 0 aromatic heterocycles. The summed E-state index contributed by atoms with van der Waals surface area (Å²) in [5.74, 6) is -1.20. The van der Waals surface area contributed by atoms with Crippen LogP contribution in [0.5, 0.6) is 0 Å². The van der Waals surface area contributed by atoms with Crippen LogP contribution in [-0.4, -0.2) is 36.7 Å². The van der Waals surface area contributed by atoms with E-state index in [1.54, 1.807) is 12.1 Å². The Labute approximate surface area is 119 Å². The quantitative estimate of drug-likeness (QED) is 0.707. The van der Waals surface area contributed by atoms with Gasteiger partial charge in [0.25, 0.3) is 0 Å². The lowest BCUT2D eigenvalue weighted by Gasteiger charge is -2.21. The molecule has 1 aromatic carbocycles. The summed E-state index contributed by atoms with van der Waals surface area (Å²) in [5, 5.41) is 18.3. The lowest BCUT2D eigenvalue weighted by Crippen LogP contribution is -2.42. The van der Waals surface area contributed by atoms with E-state index in [9.17, 15) is 18.3 Å². The number of carbonyl (C=O) groups is 1. The number of benzene rings is 1. The highest BCUT2D eigenvalue weighted by Gasteiger charge is 2.27. The molecule has 0 saturated carbocycles. The summed E-state index contributed by atoms with van der Waals surface area (Å²) in [6.07, 6.45) is -0.548. The molecule has 0 heterocycles. The van der Waals surface area contributed by atoms with E-state index < -0.39 is 28.0 Å². The summed E-state index contributed by atoms with van der Waals surface area (Å²) >= 11 is 3.16. The number of aliphatic carboxylic acids is 1. The molecule has 0 aliphatic heterocycles. The van der Waals surface area contributed by atoms with Crippen molar-refractivity contribution in [2.45, 2.75) is 23.8 Å². The van der Waals surface area contributed by atoms with E-state index in [-0.39, 0.29) is 11.4 Å². The zero-order valence-electron chi connectivity index (χ0n) is 10.1. The lowest BCUT2D eigenvalue weighted by atomic mass is 10.0. The molecule has 1 atom stereocenters. The van der Waals surface area contributed by atoms with Gasteiger partial charge in [0.2, 0.25) is 10.0 Å². The summed E-state index contributed by atoms with van der Waals surface area (Å²) in [6.45, 7) is 0.874. The normalized spacial score (nSPS) is 14.9. The van der Waals surface area contributed by atoms with Crippen LogP contribution >= 0.6 is 15.9 Å². The van der Waals surface area contributed by atoms with E-state index in [0.29, 0.717) is 4.47 Å². The van der Waals surface area contributed by atoms with E-state index in [0.717, 1.165) is 0 Å². The number of sulfonamides is 1. The molecule has 6 nitrogen and oxygen atoms in total. The van der Waals surface area contributed by atoms with E-state index in [1.807, 2.05) is 0 Å². The van der Waals surface area contributed by atoms with Crippen LogP contribution in [0.15, 0.2) is 33.6 Å². The van der Waals surface area contributed by atoms with Gasteiger partial charge in [0.15, 0.2) is 0 Å². The molecule has 106 valence electrons. The highest BCUT2D eigenvalue weighted by atomic mass is 79.9. The third-order valence-corrected chi connectivity index (χ3v) is 4.17. The fourth-order valence-electron chi connectivity index (χ4n) is 1.36. The first-order chi connectivity index (χ1) is 8.62. The van der Waals surface area contributed by atoms with Gasteiger partial charge in [0, 0.05) is 11.0 Å². The maximum atomic E-state index is 11.9. The Bertz CT molecular complexity index is 570. The van der Waals surface area contributed by atoms with Gasteiger partial charge >= 0.3 is 5.97 Å². The number of carboxylic acids is 1. The maximum Gasteiger partial charge on any atom is 0.306 e. The molecule has 1 aromatic rings. The van der Waals surface area contributed by atoms with Gasteiger partial charge in [-0.3, -0.25) is 4.79 Å². The Hall–Kier alpha value is -0.960. The summed E-state index contributed by atoms with van der Waals surface area (Å²) in [6, 6.07) is 6.06.